The van der Waals surface area contributed by atoms with E-state index < -0.39 is 5.41 Å². The van der Waals surface area contributed by atoms with Gasteiger partial charge in [-0.2, -0.15) is 0 Å². The first kappa shape index (κ1) is 15.4. The van der Waals surface area contributed by atoms with Crippen LogP contribution in [0.3, 0.4) is 0 Å². The van der Waals surface area contributed by atoms with Gasteiger partial charge in [0.25, 0.3) is 0 Å². The highest BCUT2D eigenvalue weighted by molar-refractivity contribution is 7.15. The Bertz CT molecular complexity index is 595. The summed E-state index contributed by atoms with van der Waals surface area (Å²) < 4.78 is 0. The normalized spacial score (nSPS) is 11.2. The number of nitrogens with one attached hydrogen (secondary N) is 2. The molecular formula is C15H20N4OS. The minimum Gasteiger partial charge on any atom is -0.359 e. The fourth-order valence-corrected chi connectivity index (χ4v) is 2.65. The first-order valence-corrected chi connectivity index (χ1v) is 7.65. The van der Waals surface area contributed by atoms with Gasteiger partial charge < -0.3 is 10.6 Å². The summed E-state index contributed by atoms with van der Waals surface area (Å²) in [7, 11) is 1.65. The van der Waals surface area contributed by atoms with Gasteiger partial charge in [0.15, 0.2) is 0 Å². The van der Waals surface area contributed by atoms with Gasteiger partial charge in [0.1, 0.15) is 5.01 Å². The molecule has 0 saturated heterocycles. The Labute approximate surface area is 128 Å². The smallest absolute Gasteiger partial charge is 0.227 e. The third kappa shape index (κ3) is 4.26. The first-order valence-electron chi connectivity index (χ1n) is 6.83. The van der Waals surface area contributed by atoms with Gasteiger partial charge in [-0.25, -0.2) is 0 Å². The number of rotatable bonds is 6. The fraction of sp³-hybridized carbons (Fsp3) is 0.400. The summed E-state index contributed by atoms with van der Waals surface area (Å²) in [6.07, 6.45) is 0.777. The van der Waals surface area contributed by atoms with Crippen LogP contribution < -0.4 is 10.6 Å². The second kappa shape index (κ2) is 6.67. The van der Waals surface area contributed by atoms with Crippen molar-refractivity contribution in [2.75, 3.05) is 18.9 Å². The fourth-order valence-electron chi connectivity index (χ4n) is 1.88. The summed E-state index contributed by atoms with van der Waals surface area (Å²) in [6, 6.07) is 10.2. The lowest BCUT2D eigenvalue weighted by molar-refractivity contribution is -0.128. The number of hydrogen-bond acceptors (Lipinski definition) is 5. The molecule has 5 nitrogen and oxygen atoms in total. The third-order valence-electron chi connectivity index (χ3n) is 3.19. The molecule has 21 heavy (non-hydrogen) atoms. The van der Waals surface area contributed by atoms with Crippen molar-refractivity contribution in [2.24, 2.45) is 5.41 Å². The van der Waals surface area contributed by atoms with Gasteiger partial charge in [-0.1, -0.05) is 41.7 Å². The summed E-state index contributed by atoms with van der Waals surface area (Å²) in [6.45, 7) is 4.31. The van der Waals surface area contributed by atoms with Crippen molar-refractivity contribution in [2.45, 2.75) is 20.3 Å². The molecular weight excluding hydrogens is 284 g/mol. The molecule has 0 atom stereocenters. The maximum Gasteiger partial charge on any atom is 0.227 e. The number of hydrogen-bond donors (Lipinski definition) is 2. The molecule has 0 aliphatic heterocycles. The maximum absolute atomic E-state index is 11.7. The van der Waals surface area contributed by atoms with E-state index in [-0.39, 0.29) is 5.91 Å². The van der Waals surface area contributed by atoms with Crippen molar-refractivity contribution < 1.29 is 4.79 Å². The van der Waals surface area contributed by atoms with Crippen molar-refractivity contribution in [3.8, 4) is 0 Å². The lowest BCUT2D eigenvalue weighted by atomic mass is 9.92. The number of carbonyl (C=O) groups is 1. The highest BCUT2D eigenvalue weighted by Gasteiger charge is 2.26. The van der Waals surface area contributed by atoms with Crippen LogP contribution in [0, 0.1) is 5.41 Å². The van der Waals surface area contributed by atoms with Crippen LogP contribution in [0.4, 0.5) is 5.13 Å². The zero-order chi connectivity index (χ0) is 15.3. The summed E-state index contributed by atoms with van der Waals surface area (Å²) in [5, 5.41) is 15.9. The van der Waals surface area contributed by atoms with Crippen molar-refractivity contribution in [1.82, 2.24) is 15.5 Å². The van der Waals surface area contributed by atoms with Gasteiger partial charge in [-0.05, 0) is 19.4 Å². The lowest BCUT2D eigenvalue weighted by Crippen LogP contribution is -2.39. The molecule has 112 valence electrons. The average Bonchev–Trinajstić information content (AvgIpc) is 2.93. The highest BCUT2D eigenvalue weighted by Crippen LogP contribution is 2.21. The van der Waals surface area contributed by atoms with Crippen LogP contribution in [-0.2, 0) is 11.2 Å². The predicted octanol–water partition coefficient (Wildman–Crippen LogP) is 2.31. The molecule has 0 radical (unpaired) electrons. The van der Waals surface area contributed by atoms with Crippen LogP contribution >= 0.6 is 11.3 Å². The molecule has 1 aromatic carbocycles. The molecule has 0 aliphatic carbocycles. The highest BCUT2D eigenvalue weighted by atomic mass is 32.1. The molecule has 1 aromatic heterocycles. The minimum absolute atomic E-state index is 0.00373. The Kier molecular flexibility index (Phi) is 4.90. The zero-order valence-electron chi connectivity index (χ0n) is 12.5. The van der Waals surface area contributed by atoms with Gasteiger partial charge in [0.05, 0.1) is 5.41 Å². The standard InChI is InChI=1S/C15H20N4OS/c1-15(2,13(20)16-3)10-17-14-19-18-12(21-14)9-11-7-5-4-6-8-11/h4-8H,9-10H2,1-3H3,(H,16,20)(H,17,19). The molecule has 0 bridgehead atoms. The third-order valence-corrected chi connectivity index (χ3v) is 4.07. The van der Waals surface area contributed by atoms with Crippen LogP contribution in [-0.4, -0.2) is 29.7 Å². The van der Waals surface area contributed by atoms with Crippen molar-refractivity contribution in [3.63, 3.8) is 0 Å². The second-order valence-corrected chi connectivity index (χ2v) is 6.54. The molecule has 6 heteroatoms. The largest absolute Gasteiger partial charge is 0.359 e. The number of amides is 1. The van der Waals surface area contributed by atoms with Crippen LogP contribution in [0.1, 0.15) is 24.4 Å². The van der Waals surface area contributed by atoms with E-state index >= 15 is 0 Å². The zero-order valence-corrected chi connectivity index (χ0v) is 13.3. The van der Waals surface area contributed by atoms with Crippen molar-refractivity contribution >= 4 is 22.4 Å². The molecule has 0 spiro atoms. The Balaban J connectivity index is 1.93. The Hall–Kier alpha value is -1.95. The molecule has 2 rings (SSSR count). The van der Waals surface area contributed by atoms with Crippen molar-refractivity contribution in [3.05, 3.63) is 40.9 Å². The molecule has 1 amide bonds. The SMILES string of the molecule is CNC(=O)C(C)(C)CNc1nnc(Cc2ccccc2)s1. The topological polar surface area (TPSA) is 66.9 Å². The predicted molar refractivity (Wildman–Crippen MR) is 85.5 cm³/mol. The molecule has 0 unspecified atom stereocenters. The Morgan fingerprint density at radius 2 is 1.95 bits per heavy atom. The van der Waals surface area contributed by atoms with Crippen molar-refractivity contribution in [1.29, 1.82) is 0 Å². The van der Waals surface area contributed by atoms with E-state index in [4.69, 9.17) is 0 Å². The number of benzene rings is 1. The van der Waals surface area contributed by atoms with E-state index in [1.54, 1.807) is 7.05 Å². The molecule has 0 saturated carbocycles. The first-order chi connectivity index (χ1) is 10.0. The van der Waals surface area contributed by atoms with E-state index in [9.17, 15) is 4.79 Å². The molecule has 2 aromatic rings. The van der Waals surface area contributed by atoms with Gasteiger partial charge in [0, 0.05) is 20.0 Å². The molecule has 0 fully saturated rings. The number of anilines is 1. The molecule has 1 heterocycles. The quantitative estimate of drug-likeness (QED) is 0.859. The second-order valence-electron chi connectivity index (χ2n) is 5.48. The summed E-state index contributed by atoms with van der Waals surface area (Å²) >= 11 is 1.52. The number of nitrogens with zero attached hydrogens (tertiary/aromatic N) is 2. The van der Waals surface area contributed by atoms with Crippen LogP contribution in [0.5, 0.6) is 0 Å². The van der Waals surface area contributed by atoms with Gasteiger partial charge >= 0.3 is 0 Å². The average molecular weight is 304 g/mol. The molecule has 2 N–H and O–H groups in total. The van der Waals surface area contributed by atoms with E-state index in [0.717, 1.165) is 16.6 Å². The summed E-state index contributed by atoms with van der Waals surface area (Å²) in [5.41, 5.74) is 0.728. The van der Waals surface area contributed by atoms with E-state index in [0.29, 0.717) is 6.54 Å². The maximum atomic E-state index is 11.7. The van der Waals surface area contributed by atoms with Crippen LogP contribution in [0.25, 0.3) is 0 Å². The van der Waals surface area contributed by atoms with Crippen LogP contribution in [0.15, 0.2) is 30.3 Å². The monoisotopic (exact) mass is 304 g/mol. The Morgan fingerprint density at radius 3 is 2.62 bits per heavy atom. The summed E-state index contributed by atoms with van der Waals surface area (Å²) in [4.78, 5) is 11.7. The number of aromatic nitrogens is 2. The van der Waals surface area contributed by atoms with Gasteiger partial charge in [-0.15, -0.1) is 10.2 Å². The van der Waals surface area contributed by atoms with E-state index in [2.05, 4.69) is 33.0 Å². The number of carbonyl (C=O) groups excluding carboxylic acids is 1. The van der Waals surface area contributed by atoms with E-state index in [1.807, 2.05) is 32.0 Å². The van der Waals surface area contributed by atoms with Gasteiger partial charge in [-0.3, -0.25) is 4.79 Å². The van der Waals surface area contributed by atoms with Crippen LogP contribution in [0.2, 0.25) is 0 Å². The lowest BCUT2D eigenvalue weighted by Gasteiger charge is -2.22. The van der Waals surface area contributed by atoms with E-state index in [1.165, 1.54) is 16.9 Å². The minimum atomic E-state index is -0.486. The molecule has 0 aliphatic rings. The van der Waals surface area contributed by atoms with Gasteiger partial charge in [0.2, 0.25) is 11.0 Å². The summed E-state index contributed by atoms with van der Waals surface area (Å²) in [5.74, 6) is 0.00373. The Morgan fingerprint density at radius 1 is 1.24 bits per heavy atom.